The Hall–Kier alpha value is -0.160. The molecule has 4 heteroatoms. The number of hydrogen-bond donors (Lipinski definition) is 2. The topological polar surface area (TPSA) is 44.7 Å². The normalized spacial score (nSPS) is 22.4. The minimum Gasteiger partial charge on any atom is -0.389 e. The summed E-state index contributed by atoms with van der Waals surface area (Å²) in [6.45, 7) is 9.72. The third-order valence-corrected chi connectivity index (χ3v) is 3.92. The van der Waals surface area contributed by atoms with Gasteiger partial charge in [-0.05, 0) is 57.7 Å². The van der Waals surface area contributed by atoms with Crippen molar-refractivity contribution in [3.8, 4) is 0 Å². The molecule has 2 atom stereocenters. The van der Waals surface area contributed by atoms with Crippen LogP contribution >= 0.6 is 0 Å². The van der Waals surface area contributed by atoms with Crippen molar-refractivity contribution < 1.29 is 9.84 Å². The van der Waals surface area contributed by atoms with Crippen molar-refractivity contribution in [1.82, 2.24) is 10.2 Å². The Morgan fingerprint density at radius 3 is 2.90 bits per heavy atom. The monoisotopic (exact) mass is 286 g/mol. The van der Waals surface area contributed by atoms with Crippen LogP contribution in [0.4, 0.5) is 0 Å². The molecule has 1 heterocycles. The highest BCUT2D eigenvalue weighted by Crippen LogP contribution is 2.13. The van der Waals surface area contributed by atoms with E-state index in [0.717, 1.165) is 31.4 Å². The molecule has 0 aliphatic carbocycles. The first-order chi connectivity index (χ1) is 9.58. The summed E-state index contributed by atoms with van der Waals surface area (Å²) in [6.07, 6.45) is 4.51. The lowest BCUT2D eigenvalue weighted by Crippen LogP contribution is -2.40. The minimum absolute atomic E-state index is 0.379. The van der Waals surface area contributed by atoms with Crippen LogP contribution in [0.2, 0.25) is 0 Å². The van der Waals surface area contributed by atoms with E-state index in [9.17, 15) is 5.11 Å². The molecule has 0 amide bonds. The second-order valence-corrected chi connectivity index (χ2v) is 6.69. The predicted octanol–water partition coefficient (Wildman–Crippen LogP) is 1.73. The molecule has 0 aromatic rings. The van der Waals surface area contributed by atoms with Crippen LogP contribution in [0.3, 0.4) is 0 Å². The highest BCUT2D eigenvalue weighted by atomic mass is 16.5. The van der Waals surface area contributed by atoms with Gasteiger partial charge >= 0.3 is 0 Å². The molecular formula is C16H34N2O2. The quantitative estimate of drug-likeness (QED) is 0.600. The Kier molecular flexibility index (Phi) is 9.44. The van der Waals surface area contributed by atoms with Crippen LogP contribution in [-0.2, 0) is 4.74 Å². The largest absolute Gasteiger partial charge is 0.389 e. The lowest BCUT2D eigenvalue weighted by atomic mass is 9.98. The van der Waals surface area contributed by atoms with Crippen LogP contribution < -0.4 is 5.32 Å². The first kappa shape index (κ1) is 17.9. The lowest BCUT2D eigenvalue weighted by Gasteiger charge is -2.30. The summed E-state index contributed by atoms with van der Waals surface area (Å²) in [5.41, 5.74) is 0. The Labute approximate surface area is 124 Å². The van der Waals surface area contributed by atoms with Crippen molar-refractivity contribution in [2.45, 2.75) is 45.6 Å². The van der Waals surface area contributed by atoms with E-state index in [0.29, 0.717) is 13.2 Å². The van der Waals surface area contributed by atoms with Gasteiger partial charge in [-0.25, -0.2) is 0 Å². The zero-order chi connectivity index (χ0) is 14.8. The average Bonchev–Trinajstić information content (AvgIpc) is 2.38. The third-order valence-electron chi connectivity index (χ3n) is 3.92. The highest BCUT2D eigenvalue weighted by Gasteiger charge is 2.16. The van der Waals surface area contributed by atoms with Gasteiger partial charge in [0.1, 0.15) is 0 Å². The standard InChI is InChI=1S/C16H34N2O2/c1-14(2)6-5-9-20-13-16(19)11-17-10-15-7-4-8-18(3)12-15/h14-17,19H,4-13H2,1-3H3. The first-order valence-corrected chi connectivity index (χ1v) is 8.23. The number of rotatable bonds is 10. The van der Waals surface area contributed by atoms with E-state index in [1.807, 2.05) is 0 Å². The second kappa shape index (κ2) is 10.6. The second-order valence-electron chi connectivity index (χ2n) is 6.69. The predicted molar refractivity (Wildman–Crippen MR) is 84.0 cm³/mol. The zero-order valence-electron chi connectivity index (χ0n) is 13.6. The molecule has 1 aliphatic rings. The Morgan fingerprint density at radius 1 is 1.40 bits per heavy atom. The van der Waals surface area contributed by atoms with Gasteiger partial charge in [-0.1, -0.05) is 13.8 Å². The van der Waals surface area contributed by atoms with E-state index < -0.39 is 0 Å². The van der Waals surface area contributed by atoms with Crippen LogP contribution in [0, 0.1) is 11.8 Å². The van der Waals surface area contributed by atoms with E-state index >= 15 is 0 Å². The average molecular weight is 286 g/mol. The number of piperidine rings is 1. The van der Waals surface area contributed by atoms with Crippen LogP contribution in [0.25, 0.3) is 0 Å². The number of aliphatic hydroxyl groups excluding tert-OH is 1. The molecule has 1 aliphatic heterocycles. The minimum atomic E-state index is -0.379. The van der Waals surface area contributed by atoms with Crippen molar-refractivity contribution in [1.29, 1.82) is 0 Å². The number of ether oxygens (including phenoxy) is 1. The SMILES string of the molecule is CC(C)CCCOCC(O)CNCC1CCCN(C)C1. The molecule has 2 N–H and O–H groups in total. The number of nitrogens with zero attached hydrogens (tertiary/aromatic N) is 1. The van der Waals surface area contributed by atoms with Crippen LogP contribution in [0.5, 0.6) is 0 Å². The van der Waals surface area contributed by atoms with E-state index in [1.54, 1.807) is 0 Å². The first-order valence-electron chi connectivity index (χ1n) is 8.23. The van der Waals surface area contributed by atoms with Crippen molar-refractivity contribution >= 4 is 0 Å². The maximum atomic E-state index is 9.84. The summed E-state index contributed by atoms with van der Waals surface area (Å²) in [6, 6.07) is 0. The number of aliphatic hydroxyl groups is 1. The molecule has 20 heavy (non-hydrogen) atoms. The van der Waals surface area contributed by atoms with Gasteiger partial charge in [0.25, 0.3) is 0 Å². The van der Waals surface area contributed by atoms with Crippen LogP contribution in [0.1, 0.15) is 39.5 Å². The number of hydrogen-bond acceptors (Lipinski definition) is 4. The van der Waals surface area contributed by atoms with Crippen molar-refractivity contribution in [2.24, 2.45) is 11.8 Å². The molecule has 0 spiro atoms. The van der Waals surface area contributed by atoms with Gasteiger partial charge in [0, 0.05) is 19.7 Å². The molecular weight excluding hydrogens is 252 g/mol. The fourth-order valence-corrected chi connectivity index (χ4v) is 2.77. The molecule has 0 aromatic carbocycles. The Morgan fingerprint density at radius 2 is 2.20 bits per heavy atom. The Bertz CT molecular complexity index is 237. The van der Waals surface area contributed by atoms with Gasteiger partial charge in [0.2, 0.25) is 0 Å². The summed E-state index contributed by atoms with van der Waals surface area (Å²) in [7, 11) is 2.19. The maximum Gasteiger partial charge on any atom is 0.0897 e. The zero-order valence-corrected chi connectivity index (χ0v) is 13.6. The van der Waals surface area contributed by atoms with Crippen molar-refractivity contribution in [3.05, 3.63) is 0 Å². The summed E-state index contributed by atoms with van der Waals surface area (Å²) in [5, 5.41) is 13.2. The van der Waals surface area contributed by atoms with Crippen LogP contribution in [-0.4, -0.2) is 62.6 Å². The van der Waals surface area contributed by atoms with E-state index in [1.165, 1.54) is 32.4 Å². The van der Waals surface area contributed by atoms with Crippen molar-refractivity contribution in [3.63, 3.8) is 0 Å². The number of nitrogens with one attached hydrogen (secondary N) is 1. The molecule has 1 rings (SSSR count). The molecule has 1 fully saturated rings. The van der Waals surface area contributed by atoms with E-state index in [-0.39, 0.29) is 6.10 Å². The van der Waals surface area contributed by atoms with Gasteiger partial charge in [-0.2, -0.15) is 0 Å². The molecule has 0 radical (unpaired) electrons. The fourth-order valence-electron chi connectivity index (χ4n) is 2.77. The molecule has 120 valence electrons. The van der Waals surface area contributed by atoms with E-state index in [2.05, 4.69) is 31.1 Å². The lowest BCUT2D eigenvalue weighted by molar-refractivity contribution is 0.0339. The van der Waals surface area contributed by atoms with Gasteiger partial charge in [0.05, 0.1) is 12.7 Å². The third kappa shape index (κ3) is 8.90. The Balaban J connectivity index is 1.93. The van der Waals surface area contributed by atoms with E-state index in [4.69, 9.17) is 4.74 Å². The van der Waals surface area contributed by atoms with Gasteiger partial charge < -0.3 is 20.1 Å². The van der Waals surface area contributed by atoms with Gasteiger partial charge in [-0.3, -0.25) is 0 Å². The maximum absolute atomic E-state index is 9.84. The smallest absolute Gasteiger partial charge is 0.0897 e. The summed E-state index contributed by atoms with van der Waals surface area (Å²) < 4.78 is 5.51. The molecule has 0 saturated carbocycles. The number of likely N-dealkylation sites (tertiary alicyclic amines) is 1. The molecule has 0 bridgehead atoms. The molecule has 0 aromatic heterocycles. The summed E-state index contributed by atoms with van der Waals surface area (Å²) in [5.74, 6) is 1.46. The summed E-state index contributed by atoms with van der Waals surface area (Å²) in [4.78, 5) is 2.39. The van der Waals surface area contributed by atoms with Gasteiger partial charge in [0.15, 0.2) is 0 Å². The van der Waals surface area contributed by atoms with Crippen molar-refractivity contribution in [2.75, 3.05) is 46.4 Å². The molecule has 1 saturated heterocycles. The van der Waals surface area contributed by atoms with Crippen LogP contribution in [0.15, 0.2) is 0 Å². The fraction of sp³-hybridized carbons (Fsp3) is 1.00. The molecule has 4 nitrogen and oxygen atoms in total. The molecule has 2 unspecified atom stereocenters. The van der Waals surface area contributed by atoms with Gasteiger partial charge in [-0.15, -0.1) is 0 Å². The summed E-state index contributed by atoms with van der Waals surface area (Å²) >= 11 is 0. The highest BCUT2D eigenvalue weighted by molar-refractivity contribution is 4.73.